The zero-order valence-electron chi connectivity index (χ0n) is 11.8. The lowest BCUT2D eigenvalue weighted by molar-refractivity contribution is -0.117. The highest BCUT2D eigenvalue weighted by atomic mass is 32.1. The van der Waals surface area contributed by atoms with Gasteiger partial charge < -0.3 is 0 Å². The van der Waals surface area contributed by atoms with Crippen LogP contribution in [0.1, 0.15) is 42.1 Å². The molecule has 0 bridgehead atoms. The Kier molecular flexibility index (Phi) is 3.05. The molecule has 1 aliphatic heterocycles. The van der Waals surface area contributed by atoms with Gasteiger partial charge in [0, 0.05) is 25.3 Å². The molecular formula is C15H18N2O2S. The van der Waals surface area contributed by atoms with Crippen molar-refractivity contribution in [2.24, 2.45) is 11.3 Å². The van der Waals surface area contributed by atoms with Crippen molar-refractivity contribution in [1.29, 1.82) is 0 Å². The van der Waals surface area contributed by atoms with E-state index in [1.807, 2.05) is 6.08 Å². The molecule has 1 unspecified atom stereocenters. The SMILES string of the molecule is C=CC1CC(=O)N(c2nc3c(s2)C(=O)CC(C)(C)C3)C1. The fraction of sp³-hybridized carbons (Fsp3) is 0.533. The van der Waals surface area contributed by atoms with Gasteiger partial charge in [0.2, 0.25) is 5.91 Å². The minimum atomic E-state index is -0.0336. The standard InChI is InChI=1S/C15H18N2O2S/c1-4-9-5-12(19)17(8-9)14-16-10-6-15(2,3)7-11(18)13(10)20-14/h4,9H,1,5-8H2,2-3H3. The Balaban J connectivity index is 1.93. The predicted octanol–water partition coefficient (Wildman–Crippen LogP) is 2.84. The van der Waals surface area contributed by atoms with Gasteiger partial charge in [-0.25, -0.2) is 4.98 Å². The number of thiazole rings is 1. The van der Waals surface area contributed by atoms with Crippen LogP contribution in [-0.4, -0.2) is 23.2 Å². The predicted molar refractivity (Wildman–Crippen MR) is 79.2 cm³/mol. The first-order valence-corrected chi connectivity index (χ1v) is 7.67. The van der Waals surface area contributed by atoms with E-state index in [1.54, 1.807) is 4.90 Å². The van der Waals surface area contributed by atoms with Crippen molar-refractivity contribution in [2.45, 2.75) is 33.1 Å². The monoisotopic (exact) mass is 290 g/mol. The molecule has 2 aliphatic rings. The van der Waals surface area contributed by atoms with E-state index in [4.69, 9.17) is 0 Å². The van der Waals surface area contributed by atoms with E-state index in [0.717, 1.165) is 17.0 Å². The van der Waals surface area contributed by atoms with E-state index in [-0.39, 0.29) is 23.0 Å². The summed E-state index contributed by atoms with van der Waals surface area (Å²) in [5.41, 5.74) is 0.828. The maximum atomic E-state index is 12.2. The first kappa shape index (κ1) is 13.5. The van der Waals surface area contributed by atoms with E-state index in [1.165, 1.54) is 11.3 Å². The van der Waals surface area contributed by atoms with Gasteiger partial charge in [0.25, 0.3) is 0 Å². The van der Waals surface area contributed by atoms with Crippen LogP contribution in [0.3, 0.4) is 0 Å². The summed E-state index contributed by atoms with van der Waals surface area (Å²) in [5, 5.41) is 0.676. The molecule has 0 N–H and O–H groups in total. The Hall–Kier alpha value is -1.49. The molecule has 1 aromatic heterocycles. The maximum Gasteiger partial charge on any atom is 0.229 e. The van der Waals surface area contributed by atoms with Gasteiger partial charge in [-0.3, -0.25) is 14.5 Å². The van der Waals surface area contributed by atoms with E-state index in [2.05, 4.69) is 25.4 Å². The molecule has 0 aromatic carbocycles. The highest BCUT2D eigenvalue weighted by Gasteiger charge is 2.37. The van der Waals surface area contributed by atoms with Gasteiger partial charge in [-0.2, -0.15) is 0 Å². The van der Waals surface area contributed by atoms with Gasteiger partial charge in [0.05, 0.1) is 10.6 Å². The normalized spacial score (nSPS) is 24.9. The van der Waals surface area contributed by atoms with Crippen LogP contribution in [-0.2, 0) is 11.2 Å². The number of rotatable bonds is 2. The first-order chi connectivity index (χ1) is 9.39. The van der Waals surface area contributed by atoms with Crippen molar-refractivity contribution in [2.75, 3.05) is 11.4 Å². The number of carbonyl (C=O) groups is 2. The van der Waals surface area contributed by atoms with Gasteiger partial charge in [0.1, 0.15) is 0 Å². The van der Waals surface area contributed by atoms with Gasteiger partial charge in [0.15, 0.2) is 10.9 Å². The first-order valence-electron chi connectivity index (χ1n) is 6.85. The number of hydrogen-bond donors (Lipinski definition) is 0. The van der Waals surface area contributed by atoms with E-state index in [0.29, 0.717) is 24.5 Å². The van der Waals surface area contributed by atoms with Crippen LogP contribution in [0.25, 0.3) is 0 Å². The number of aromatic nitrogens is 1. The number of hydrogen-bond acceptors (Lipinski definition) is 4. The Morgan fingerprint density at radius 1 is 1.40 bits per heavy atom. The summed E-state index contributed by atoms with van der Waals surface area (Å²) in [4.78, 5) is 31.2. The van der Waals surface area contributed by atoms with E-state index >= 15 is 0 Å². The molecular weight excluding hydrogens is 272 g/mol. The lowest BCUT2D eigenvalue weighted by Crippen LogP contribution is -2.26. The topological polar surface area (TPSA) is 50.3 Å². The molecule has 0 saturated carbocycles. The highest BCUT2D eigenvalue weighted by molar-refractivity contribution is 7.17. The molecule has 1 fully saturated rings. The highest BCUT2D eigenvalue weighted by Crippen LogP contribution is 2.40. The van der Waals surface area contributed by atoms with Gasteiger partial charge in [-0.1, -0.05) is 31.3 Å². The van der Waals surface area contributed by atoms with Crippen LogP contribution in [0.15, 0.2) is 12.7 Å². The van der Waals surface area contributed by atoms with E-state index < -0.39 is 0 Å². The Bertz CT molecular complexity index is 603. The second-order valence-electron chi connectivity index (χ2n) is 6.42. The summed E-state index contributed by atoms with van der Waals surface area (Å²) in [5.74, 6) is 0.426. The Morgan fingerprint density at radius 3 is 2.80 bits per heavy atom. The average Bonchev–Trinajstić information content (AvgIpc) is 2.90. The zero-order chi connectivity index (χ0) is 14.5. The molecule has 3 rings (SSSR count). The van der Waals surface area contributed by atoms with Crippen LogP contribution < -0.4 is 4.90 Å². The molecule has 106 valence electrons. The summed E-state index contributed by atoms with van der Waals surface area (Å²) in [6.45, 7) is 8.55. The fourth-order valence-electron chi connectivity index (χ4n) is 2.90. The molecule has 2 heterocycles. The summed E-state index contributed by atoms with van der Waals surface area (Å²) < 4.78 is 0. The zero-order valence-corrected chi connectivity index (χ0v) is 12.6. The Morgan fingerprint density at radius 2 is 2.15 bits per heavy atom. The number of anilines is 1. The molecule has 1 saturated heterocycles. The molecule has 1 aliphatic carbocycles. The van der Waals surface area contributed by atoms with Crippen molar-refractivity contribution in [3.8, 4) is 0 Å². The summed E-state index contributed by atoms with van der Waals surface area (Å²) >= 11 is 1.37. The Labute approximate surface area is 122 Å². The second kappa shape index (κ2) is 4.52. The van der Waals surface area contributed by atoms with Crippen LogP contribution in [0.2, 0.25) is 0 Å². The number of carbonyl (C=O) groups excluding carboxylic acids is 2. The number of fused-ring (bicyclic) bond motifs is 1. The van der Waals surface area contributed by atoms with Gasteiger partial charge >= 0.3 is 0 Å². The fourth-order valence-corrected chi connectivity index (χ4v) is 3.95. The van der Waals surface area contributed by atoms with Crippen molar-refractivity contribution in [1.82, 2.24) is 4.98 Å². The van der Waals surface area contributed by atoms with Gasteiger partial charge in [-0.05, 0) is 11.8 Å². The van der Waals surface area contributed by atoms with Crippen molar-refractivity contribution >= 4 is 28.2 Å². The summed E-state index contributed by atoms with van der Waals surface area (Å²) in [6.07, 6.45) is 3.68. The molecule has 20 heavy (non-hydrogen) atoms. The van der Waals surface area contributed by atoms with Crippen molar-refractivity contribution in [3.63, 3.8) is 0 Å². The number of ketones is 1. The molecule has 4 nitrogen and oxygen atoms in total. The summed E-state index contributed by atoms with van der Waals surface area (Å²) in [6, 6.07) is 0. The van der Waals surface area contributed by atoms with Crippen molar-refractivity contribution in [3.05, 3.63) is 23.2 Å². The minimum absolute atomic E-state index is 0.0336. The quantitative estimate of drug-likeness (QED) is 0.787. The van der Waals surface area contributed by atoms with Crippen molar-refractivity contribution < 1.29 is 9.59 Å². The molecule has 0 spiro atoms. The van der Waals surface area contributed by atoms with Gasteiger partial charge in [-0.15, -0.1) is 6.58 Å². The second-order valence-corrected chi connectivity index (χ2v) is 7.39. The third-order valence-corrected chi connectivity index (χ3v) is 5.11. The largest absolute Gasteiger partial charge is 0.293 e. The molecule has 1 amide bonds. The van der Waals surface area contributed by atoms with Crippen LogP contribution in [0.4, 0.5) is 5.13 Å². The smallest absolute Gasteiger partial charge is 0.229 e. The number of nitrogens with zero attached hydrogens (tertiary/aromatic N) is 2. The molecule has 0 radical (unpaired) electrons. The van der Waals surface area contributed by atoms with Crippen LogP contribution in [0.5, 0.6) is 0 Å². The maximum absolute atomic E-state index is 12.2. The molecule has 1 atom stereocenters. The lowest BCUT2D eigenvalue weighted by Gasteiger charge is -2.26. The lowest BCUT2D eigenvalue weighted by atomic mass is 9.78. The molecule has 1 aromatic rings. The van der Waals surface area contributed by atoms with Crippen LogP contribution in [0, 0.1) is 11.3 Å². The number of amides is 1. The summed E-state index contributed by atoms with van der Waals surface area (Å²) in [7, 11) is 0. The number of Topliss-reactive ketones (excluding diaryl/α,β-unsaturated/α-hetero) is 1. The van der Waals surface area contributed by atoms with Crippen LogP contribution >= 0.6 is 11.3 Å². The minimum Gasteiger partial charge on any atom is -0.293 e. The third-order valence-electron chi connectivity index (χ3n) is 3.94. The van der Waals surface area contributed by atoms with E-state index in [9.17, 15) is 9.59 Å². The third kappa shape index (κ3) is 2.20. The molecule has 5 heteroatoms. The average molecular weight is 290 g/mol.